The van der Waals surface area contributed by atoms with Crippen LogP contribution in [0.15, 0.2) is 66.7 Å². The van der Waals surface area contributed by atoms with Crippen LogP contribution < -0.4 is 9.47 Å². The fourth-order valence-corrected chi connectivity index (χ4v) is 5.85. The number of hydrogen-bond donors (Lipinski definition) is 0. The van der Waals surface area contributed by atoms with Crippen LogP contribution in [0, 0.1) is 5.92 Å². The van der Waals surface area contributed by atoms with E-state index in [-0.39, 0.29) is 23.8 Å². The van der Waals surface area contributed by atoms with Gasteiger partial charge in [-0.2, -0.15) is 9.97 Å². The van der Waals surface area contributed by atoms with Crippen molar-refractivity contribution in [2.45, 2.75) is 37.6 Å². The van der Waals surface area contributed by atoms with Crippen LogP contribution in [0.5, 0.6) is 11.8 Å². The minimum atomic E-state index is -0.115. The van der Waals surface area contributed by atoms with Crippen LogP contribution >= 0.6 is 0 Å². The average Bonchev–Trinajstić information content (AvgIpc) is 2.98. The quantitative estimate of drug-likeness (QED) is 0.468. The van der Waals surface area contributed by atoms with Crippen molar-refractivity contribution < 1.29 is 14.3 Å². The molecule has 5 rings (SSSR count). The molecule has 1 saturated heterocycles. The highest BCUT2D eigenvalue weighted by Gasteiger charge is 2.38. The number of carbonyl (C=O) groups is 1. The second kappa shape index (κ2) is 11.7. The maximum atomic E-state index is 13.9. The Bertz CT molecular complexity index is 1100. The molecule has 0 radical (unpaired) electrons. The third-order valence-electron chi connectivity index (χ3n) is 7.75. The van der Waals surface area contributed by atoms with E-state index < -0.39 is 0 Å². The second-order valence-electron chi connectivity index (χ2n) is 9.89. The predicted molar refractivity (Wildman–Crippen MR) is 143 cm³/mol. The van der Waals surface area contributed by atoms with Gasteiger partial charge in [0.2, 0.25) is 17.7 Å². The van der Waals surface area contributed by atoms with Crippen molar-refractivity contribution in [2.75, 3.05) is 40.4 Å². The van der Waals surface area contributed by atoms with Crippen molar-refractivity contribution in [3.05, 3.63) is 83.7 Å². The minimum Gasteiger partial charge on any atom is -0.481 e. The molecule has 7 heteroatoms. The van der Waals surface area contributed by atoms with Gasteiger partial charge < -0.3 is 14.4 Å². The number of carbonyl (C=O) groups excluding carboxylic acids is 1. The van der Waals surface area contributed by atoms with Crippen molar-refractivity contribution in [1.29, 1.82) is 0 Å². The molecule has 1 amide bonds. The first-order valence-electron chi connectivity index (χ1n) is 13.3. The zero-order valence-corrected chi connectivity index (χ0v) is 21.8. The van der Waals surface area contributed by atoms with Gasteiger partial charge in [0.15, 0.2) is 0 Å². The van der Waals surface area contributed by atoms with Gasteiger partial charge in [0.05, 0.1) is 26.3 Å². The van der Waals surface area contributed by atoms with Crippen LogP contribution in [-0.2, 0) is 4.79 Å². The summed E-state index contributed by atoms with van der Waals surface area (Å²) in [5.41, 5.74) is 2.56. The van der Waals surface area contributed by atoms with Gasteiger partial charge in [0.1, 0.15) is 5.82 Å². The highest BCUT2D eigenvalue weighted by atomic mass is 16.5. The van der Waals surface area contributed by atoms with E-state index in [0.717, 1.165) is 51.9 Å². The third-order valence-corrected chi connectivity index (χ3v) is 7.75. The summed E-state index contributed by atoms with van der Waals surface area (Å²) in [4.78, 5) is 27.6. The fourth-order valence-electron chi connectivity index (χ4n) is 5.85. The highest BCUT2D eigenvalue weighted by Crippen LogP contribution is 2.39. The van der Waals surface area contributed by atoms with Gasteiger partial charge in [0.25, 0.3) is 0 Å². The van der Waals surface area contributed by atoms with Gasteiger partial charge in [-0.3, -0.25) is 9.69 Å². The lowest BCUT2D eigenvalue weighted by molar-refractivity contribution is -0.139. The van der Waals surface area contributed by atoms with Crippen LogP contribution in [0.3, 0.4) is 0 Å². The lowest BCUT2D eigenvalue weighted by Crippen LogP contribution is -2.52. The van der Waals surface area contributed by atoms with Crippen molar-refractivity contribution in [3.63, 3.8) is 0 Å². The molecule has 0 N–H and O–H groups in total. The van der Waals surface area contributed by atoms with E-state index in [9.17, 15) is 4.79 Å². The number of aromatic nitrogens is 2. The molecule has 7 nitrogen and oxygen atoms in total. The largest absolute Gasteiger partial charge is 0.481 e. The molecule has 1 aliphatic carbocycles. The highest BCUT2D eigenvalue weighted by molar-refractivity contribution is 5.80. The number of amides is 1. The summed E-state index contributed by atoms with van der Waals surface area (Å²) < 4.78 is 10.8. The van der Waals surface area contributed by atoms with E-state index in [1.54, 1.807) is 20.3 Å². The van der Waals surface area contributed by atoms with E-state index in [1.165, 1.54) is 11.1 Å². The van der Waals surface area contributed by atoms with Crippen LogP contribution in [0.4, 0.5) is 0 Å². The number of methoxy groups -OCH3 is 2. The van der Waals surface area contributed by atoms with Gasteiger partial charge in [0, 0.05) is 38.0 Å². The molecule has 2 heterocycles. The Morgan fingerprint density at radius 1 is 0.811 bits per heavy atom. The Balaban J connectivity index is 1.31. The summed E-state index contributed by atoms with van der Waals surface area (Å²) in [6.07, 6.45) is 3.89. The Kier molecular flexibility index (Phi) is 7.99. The summed E-state index contributed by atoms with van der Waals surface area (Å²) >= 11 is 0. The molecule has 2 unspecified atom stereocenters. The van der Waals surface area contributed by atoms with Crippen molar-refractivity contribution in [2.24, 2.45) is 5.92 Å². The summed E-state index contributed by atoms with van der Waals surface area (Å²) in [5.74, 6) is 1.69. The summed E-state index contributed by atoms with van der Waals surface area (Å²) in [6, 6.07) is 23.2. The first-order chi connectivity index (χ1) is 18.2. The smallest absolute Gasteiger partial charge is 0.226 e. The maximum Gasteiger partial charge on any atom is 0.226 e. The maximum absolute atomic E-state index is 13.9. The zero-order chi connectivity index (χ0) is 25.6. The number of ether oxygens (including phenoxy) is 2. The number of benzene rings is 2. The molecule has 1 saturated carbocycles. The molecule has 37 heavy (non-hydrogen) atoms. The second-order valence-corrected chi connectivity index (χ2v) is 9.89. The Labute approximate surface area is 219 Å². The Hall–Kier alpha value is -3.45. The molecule has 2 aromatic carbocycles. The van der Waals surface area contributed by atoms with E-state index in [1.807, 2.05) is 0 Å². The first kappa shape index (κ1) is 25.2. The molecule has 3 aromatic rings. The molecule has 1 aromatic heterocycles. The van der Waals surface area contributed by atoms with Crippen LogP contribution in [0.1, 0.15) is 54.6 Å². The Morgan fingerprint density at radius 2 is 1.35 bits per heavy atom. The summed E-state index contributed by atoms with van der Waals surface area (Å²) in [7, 11) is 3.18. The van der Waals surface area contributed by atoms with E-state index in [0.29, 0.717) is 17.6 Å². The van der Waals surface area contributed by atoms with Crippen molar-refractivity contribution in [3.8, 4) is 11.8 Å². The van der Waals surface area contributed by atoms with E-state index in [4.69, 9.17) is 9.47 Å². The van der Waals surface area contributed by atoms with Gasteiger partial charge in [-0.25, -0.2) is 0 Å². The van der Waals surface area contributed by atoms with Gasteiger partial charge in [-0.05, 0) is 24.0 Å². The summed E-state index contributed by atoms with van der Waals surface area (Å²) in [6.45, 7) is 3.11. The fraction of sp³-hybridized carbons (Fsp3) is 0.433. The number of rotatable bonds is 7. The molecule has 194 valence electrons. The van der Waals surface area contributed by atoms with E-state index >= 15 is 0 Å². The first-order valence-corrected chi connectivity index (χ1v) is 13.3. The summed E-state index contributed by atoms with van der Waals surface area (Å²) in [5, 5.41) is 0. The SMILES string of the molecule is COc1cc(OC)nc(C2CCCCC2C(=O)N2CCN(C(c3ccccc3)c3ccccc3)CC2)n1. The minimum absolute atomic E-state index is 0.0235. The van der Waals surface area contributed by atoms with Gasteiger partial charge in [-0.15, -0.1) is 0 Å². The standard InChI is InChI=1S/C30H36N4O3/c1-36-26-21-27(37-2)32-29(31-26)24-15-9-10-16-25(24)30(35)34-19-17-33(18-20-34)28(22-11-5-3-6-12-22)23-13-7-4-8-14-23/h3-8,11-14,21,24-25,28H,9-10,15-20H2,1-2H3. The molecule has 0 bridgehead atoms. The van der Waals surface area contributed by atoms with Gasteiger partial charge in [-0.1, -0.05) is 73.5 Å². The predicted octanol–water partition coefficient (Wildman–Crippen LogP) is 4.70. The van der Waals surface area contributed by atoms with Crippen LogP contribution in [0.25, 0.3) is 0 Å². The molecular formula is C30H36N4O3. The molecule has 2 fully saturated rings. The average molecular weight is 501 g/mol. The lowest BCUT2D eigenvalue weighted by Gasteiger charge is -2.42. The zero-order valence-electron chi connectivity index (χ0n) is 21.8. The van der Waals surface area contributed by atoms with Gasteiger partial charge >= 0.3 is 0 Å². The molecule has 2 aliphatic rings. The number of piperazine rings is 1. The molecular weight excluding hydrogens is 464 g/mol. The third kappa shape index (κ3) is 5.62. The lowest BCUT2D eigenvalue weighted by atomic mass is 9.77. The normalized spacial score (nSPS) is 20.6. The van der Waals surface area contributed by atoms with Crippen LogP contribution in [-0.4, -0.2) is 66.1 Å². The topological polar surface area (TPSA) is 67.8 Å². The molecule has 2 atom stereocenters. The number of hydrogen-bond acceptors (Lipinski definition) is 6. The van der Waals surface area contributed by atoms with E-state index in [2.05, 4.69) is 80.4 Å². The molecule has 0 spiro atoms. The van der Waals surface area contributed by atoms with Crippen molar-refractivity contribution in [1.82, 2.24) is 19.8 Å². The number of nitrogens with zero attached hydrogens (tertiary/aromatic N) is 4. The monoisotopic (exact) mass is 500 g/mol. The van der Waals surface area contributed by atoms with Crippen molar-refractivity contribution >= 4 is 5.91 Å². The van der Waals surface area contributed by atoms with Crippen LogP contribution in [0.2, 0.25) is 0 Å². The Morgan fingerprint density at radius 3 is 1.89 bits per heavy atom. The molecule has 1 aliphatic heterocycles.